The number of thiazole rings is 1. The third kappa shape index (κ3) is 3.96. The summed E-state index contributed by atoms with van der Waals surface area (Å²) >= 11 is 1.25. The van der Waals surface area contributed by atoms with Crippen LogP contribution in [0.15, 0.2) is 30.5 Å². The van der Waals surface area contributed by atoms with Gasteiger partial charge in [-0.2, -0.15) is 0 Å². The molecule has 1 amide bonds. The highest BCUT2D eigenvalue weighted by atomic mass is 32.1. The molecule has 2 rings (SSSR count). The van der Waals surface area contributed by atoms with Gasteiger partial charge in [-0.05, 0) is 31.2 Å². The zero-order valence-electron chi connectivity index (χ0n) is 11.0. The van der Waals surface area contributed by atoms with E-state index in [1.807, 2.05) is 0 Å². The number of aromatic nitrogens is 1. The van der Waals surface area contributed by atoms with Gasteiger partial charge in [0, 0.05) is 17.3 Å². The van der Waals surface area contributed by atoms with E-state index in [1.165, 1.54) is 29.7 Å². The summed E-state index contributed by atoms with van der Waals surface area (Å²) < 4.78 is 13.5. The molecule has 0 unspecified atom stereocenters. The van der Waals surface area contributed by atoms with Gasteiger partial charge in [0.1, 0.15) is 10.7 Å². The second-order valence-corrected chi connectivity index (χ2v) is 5.34. The molecule has 21 heavy (non-hydrogen) atoms. The van der Waals surface area contributed by atoms with Crippen molar-refractivity contribution in [2.45, 2.75) is 6.92 Å². The zero-order valence-corrected chi connectivity index (χ0v) is 11.8. The van der Waals surface area contributed by atoms with E-state index in [0.29, 0.717) is 10.6 Å². The molecule has 0 fully saturated rings. The van der Waals surface area contributed by atoms with Gasteiger partial charge in [0.15, 0.2) is 0 Å². The van der Waals surface area contributed by atoms with Crippen LogP contribution in [0.4, 0.5) is 10.1 Å². The summed E-state index contributed by atoms with van der Waals surface area (Å²) in [4.78, 5) is 26.8. The number of carbonyl (C=O) groups excluding carboxylic acids is 1. The Labute approximate surface area is 123 Å². The summed E-state index contributed by atoms with van der Waals surface area (Å²) in [5.41, 5.74) is 0.452. The van der Waals surface area contributed by atoms with Gasteiger partial charge in [-0.1, -0.05) is 0 Å². The van der Waals surface area contributed by atoms with Crippen LogP contribution in [0.3, 0.4) is 0 Å². The van der Waals surface area contributed by atoms with Gasteiger partial charge >= 0.3 is 5.97 Å². The van der Waals surface area contributed by atoms with Crippen LogP contribution in [0.5, 0.6) is 0 Å². The van der Waals surface area contributed by atoms with Gasteiger partial charge in [-0.15, -0.1) is 11.3 Å². The minimum atomic E-state index is -1.18. The Morgan fingerprint density at radius 3 is 2.81 bits per heavy atom. The van der Waals surface area contributed by atoms with Crippen LogP contribution in [-0.4, -0.2) is 22.0 Å². The Balaban J connectivity index is 2.19. The Hall–Kier alpha value is -2.54. The number of aliphatic carboxylic acids is 1. The number of halogens is 1. The SMILES string of the molecule is Cc1ncc(C(=O)Nc2ccc(F)c(/C=C/C(=O)O)c2)s1. The number of anilines is 1. The number of hydrogen-bond donors (Lipinski definition) is 2. The van der Waals surface area contributed by atoms with Crippen molar-refractivity contribution in [3.63, 3.8) is 0 Å². The number of benzene rings is 1. The number of aryl methyl sites for hydroxylation is 1. The fourth-order valence-electron chi connectivity index (χ4n) is 1.57. The molecule has 0 spiro atoms. The number of carboxylic acids is 1. The molecule has 0 saturated carbocycles. The van der Waals surface area contributed by atoms with Crippen LogP contribution in [0.2, 0.25) is 0 Å². The molecule has 1 aromatic carbocycles. The standard InChI is InChI=1S/C14H11FN2O3S/c1-8-16-7-12(21-8)14(20)17-10-3-4-11(15)9(6-10)2-5-13(18)19/h2-7H,1H3,(H,17,20)(H,18,19)/b5-2+. The highest BCUT2D eigenvalue weighted by Crippen LogP contribution is 2.18. The van der Waals surface area contributed by atoms with E-state index in [9.17, 15) is 14.0 Å². The molecule has 108 valence electrons. The predicted octanol–water partition coefficient (Wildman–Crippen LogP) is 2.94. The molecule has 0 aliphatic rings. The highest BCUT2D eigenvalue weighted by Gasteiger charge is 2.10. The minimum absolute atomic E-state index is 0.0793. The second-order valence-electron chi connectivity index (χ2n) is 4.11. The van der Waals surface area contributed by atoms with Crippen molar-refractivity contribution in [1.82, 2.24) is 4.98 Å². The Bertz CT molecular complexity index is 725. The number of amides is 1. The van der Waals surface area contributed by atoms with E-state index in [0.717, 1.165) is 23.2 Å². The molecule has 1 heterocycles. The zero-order chi connectivity index (χ0) is 15.4. The third-order valence-corrected chi connectivity index (χ3v) is 3.42. The quantitative estimate of drug-likeness (QED) is 0.851. The molecule has 2 N–H and O–H groups in total. The van der Waals surface area contributed by atoms with Gasteiger partial charge in [-0.25, -0.2) is 14.2 Å². The molecule has 0 aliphatic heterocycles. The lowest BCUT2D eigenvalue weighted by Gasteiger charge is -2.05. The van der Waals surface area contributed by atoms with Crippen molar-refractivity contribution in [2.24, 2.45) is 0 Å². The van der Waals surface area contributed by atoms with Crippen LogP contribution in [-0.2, 0) is 4.79 Å². The maximum Gasteiger partial charge on any atom is 0.328 e. The summed E-state index contributed by atoms with van der Waals surface area (Å²) in [5, 5.41) is 11.9. The first kappa shape index (κ1) is 14.9. The molecular formula is C14H11FN2O3S. The van der Waals surface area contributed by atoms with E-state index in [1.54, 1.807) is 6.92 Å². The van der Waals surface area contributed by atoms with E-state index >= 15 is 0 Å². The number of carboxylic acid groups (broad SMARTS) is 1. The molecule has 0 bridgehead atoms. The second kappa shape index (κ2) is 6.27. The lowest BCUT2D eigenvalue weighted by molar-refractivity contribution is -0.131. The van der Waals surface area contributed by atoms with Gasteiger partial charge in [0.2, 0.25) is 0 Å². The molecule has 5 nitrogen and oxygen atoms in total. The molecule has 1 aromatic heterocycles. The number of carbonyl (C=O) groups is 2. The van der Waals surface area contributed by atoms with Gasteiger partial charge in [0.05, 0.1) is 11.2 Å². The van der Waals surface area contributed by atoms with Gasteiger partial charge < -0.3 is 10.4 Å². The molecular weight excluding hydrogens is 295 g/mol. The number of nitrogens with one attached hydrogen (secondary N) is 1. The monoisotopic (exact) mass is 306 g/mol. The van der Waals surface area contributed by atoms with E-state index in [4.69, 9.17) is 5.11 Å². The minimum Gasteiger partial charge on any atom is -0.478 e. The van der Waals surface area contributed by atoms with Crippen LogP contribution in [0, 0.1) is 12.7 Å². The third-order valence-electron chi connectivity index (χ3n) is 2.50. The van der Waals surface area contributed by atoms with E-state index in [-0.39, 0.29) is 11.5 Å². The van der Waals surface area contributed by atoms with Crippen LogP contribution >= 0.6 is 11.3 Å². The first-order valence-corrected chi connectivity index (χ1v) is 6.71. The van der Waals surface area contributed by atoms with Crippen molar-refractivity contribution in [1.29, 1.82) is 0 Å². The summed E-state index contributed by atoms with van der Waals surface area (Å²) in [6.45, 7) is 1.79. The fourth-order valence-corrected chi connectivity index (χ4v) is 2.24. The largest absolute Gasteiger partial charge is 0.478 e. The van der Waals surface area contributed by atoms with E-state index < -0.39 is 11.8 Å². The highest BCUT2D eigenvalue weighted by molar-refractivity contribution is 7.13. The fraction of sp³-hybridized carbons (Fsp3) is 0.0714. The Morgan fingerprint density at radius 2 is 2.19 bits per heavy atom. The first-order valence-electron chi connectivity index (χ1n) is 5.90. The van der Waals surface area contributed by atoms with Gasteiger partial charge in [0.25, 0.3) is 5.91 Å². The van der Waals surface area contributed by atoms with E-state index in [2.05, 4.69) is 10.3 Å². The van der Waals surface area contributed by atoms with Crippen molar-refractivity contribution in [2.75, 3.05) is 5.32 Å². The van der Waals surface area contributed by atoms with Crippen LogP contribution in [0.25, 0.3) is 6.08 Å². The molecule has 0 atom stereocenters. The number of rotatable bonds is 4. The first-order chi connectivity index (χ1) is 9.95. The molecule has 2 aromatic rings. The lowest BCUT2D eigenvalue weighted by Crippen LogP contribution is -2.10. The summed E-state index contributed by atoms with van der Waals surface area (Å²) in [5.74, 6) is -2.09. The summed E-state index contributed by atoms with van der Waals surface area (Å²) in [6, 6.07) is 3.93. The average molecular weight is 306 g/mol. The Kier molecular flexibility index (Phi) is 4.44. The normalized spacial score (nSPS) is 10.8. The summed E-state index contributed by atoms with van der Waals surface area (Å²) in [6.07, 6.45) is 3.42. The smallest absolute Gasteiger partial charge is 0.328 e. The number of hydrogen-bond acceptors (Lipinski definition) is 4. The topological polar surface area (TPSA) is 79.3 Å². The Morgan fingerprint density at radius 1 is 1.43 bits per heavy atom. The van der Waals surface area contributed by atoms with Crippen molar-refractivity contribution < 1.29 is 19.1 Å². The number of nitrogens with zero attached hydrogens (tertiary/aromatic N) is 1. The lowest BCUT2D eigenvalue weighted by atomic mass is 10.1. The predicted molar refractivity (Wildman–Crippen MR) is 77.9 cm³/mol. The van der Waals surface area contributed by atoms with Gasteiger partial charge in [-0.3, -0.25) is 4.79 Å². The molecule has 0 saturated heterocycles. The van der Waals surface area contributed by atoms with Crippen LogP contribution < -0.4 is 5.32 Å². The van der Waals surface area contributed by atoms with Crippen molar-refractivity contribution in [3.05, 3.63) is 51.7 Å². The molecule has 0 radical (unpaired) electrons. The molecule has 0 aliphatic carbocycles. The van der Waals surface area contributed by atoms with Crippen LogP contribution in [0.1, 0.15) is 20.2 Å². The molecule has 7 heteroatoms. The van der Waals surface area contributed by atoms with Crippen molar-refractivity contribution >= 4 is 35.0 Å². The summed E-state index contributed by atoms with van der Waals surface area (Å²) in [7, 11) is 0. The maximum absolute atomic E-state index is 13.5. The average Bonchev–Trinajstić information content (AvgIpc) is 2.86. The maximum atomic E-state index is 13.5. The van der Waals surface area contributed by atoms with Crippen molar-refractivity contribution in [3.8, 4) is 0 Å².